The number of thiazole rings is 1. The van der Waals surface area contributed by atoms with E-state index in [4.69, 9.17) is 12.2 Å². The van der Waals surface area contributed by atoms with Crippen molar-refractivity contribution in [1.82, 2.24) is 19.7 Å². The molecule has 0 radical (unpaired) electrons. The Labute approximate surface area is 171 Å². The second-order valence-corrected chi connectivity index (χ2v) is 11.8. The summed E-state index contributed by atoms with van der Waals surface area (Å²) in [6, 6.07) is 0.0514. The summed E-state index contributed by atoms with van der Waals surface area (Å²) in [4.78, 5) is 15.8. The van der Waals surface area contributed by atoms with Crippen molar-refractivity contribution in [1.29, 1.82) is 0 Å². The molecule has 0 amide bonds. The van der Waals surface area contributed by atoms with Crippen LogP contribution in [0.15, 0.2) is 17.9 Å². The lowest BCUT2D eigenvalue weighted by atomic mass is 9.73. The Hall–Kier alpha value is -1.16. The SMILES string of the molecule is CC(C)(C)[S@@](=O)N[C@@H]1c2ncsc2CC12CCN(c1c[nH]c(=S)cn1)CC2. The van der Waals surface area contributed by atoms with Crippen LogP contribution in [0.25, 0.3) is 0 Å². The molecule has 27 heavy (non-hydrogen) atoms. The third kappa shape index (κ3) is 3.62. The molecule has 9 heteroatoms. The van der Waals surface area contributed by atoms with Gasteiger partial charge in [0.1, 0.15) is 10.5 Å². The first-order chi connectivity index (χ1) is 12.8. The maximum absolute atomic E-state index is 12.8. The predicted molar refractivity (Wildman–Crippen MR) is 113 cm³/mol. The molecule has 0 unspecified atom stereocenters. The molecule has 2 aromatic rings. The van der Waals surface area contributed by atoms with Gasteiger partial charge in [0.25, 0.3) is 0 Å². The van der Waals surface area contributed by atoms with Crippen molar-refractivity contribution in [3.05, 3.63) is 33.1 Å². The normalized spacial score (nSPS) is 22.8. The molecule has 3 heterocycles. The van der Waals surface area contributed by atoms with E-state index in [1.54, 1.807) is 17.5 Å². The molecule has 1 aliphatic carbocycles. The van der Waals surface area contributed by atoms with Gasteiger partial charge in [0, 0.05) is 29.6 Å². The topological polar surface area (TPSA) is 73.9 Å². The van der Waals surface area contributed by atoms with Crippen LogP contribution in [0.1, 0.15) is 50.2 Å². The monoisotopic (exact) mass is 423 g/mol. The van der Waals surface area contributed by atoms with Gasteiger partial charge in [-0.1, -0.05) is 12.2 Å². The van der Waals surface area contributed by atoms with E-state index < -0.39 is 11.0 Å². The van der Waals surface area contributed by atoms with Crippen LogP contribution in [-0.2, 0) is 17.4 Å². The minimum absolute atomic E-state index is 0.0514. The average Bonchev–Trinajstić information content (AvgIpc) is 3.17. The van der Waals surface area contributed by atoms with E-state index in [1.807, 2.05) is 32.5 Å². The second-order valence-electron chi connectivity index (χ2n) is 8.39. The van der Waals surface area contributed by atoms with Gasteiger partial charge in [0.15, 0.2) is 0 Å². The van der Waals surface area contributed by atoms with Gasteiger partial charge in [-0.3, -0.25) is 0 Å². The van der Waals surface area contributed by atoms with Crippen molar-refractivity contribution in [3.63, 3.8) is 0 Å². The summed E-state index contributed by atoms with van der Waals surface area (Å²) in [6.07, 6.45) is 6.64. The lowest BCUT2D eigenvalue weighted by Gasteiger charge is -2.43. The molecule has 0 saturated carbocycles. The molecule has 1 fully saturated rings. The van der Waals surface area contributed by atoms with Gasteiger partial charge in [0.05, 0.1) is 39.2 Å². The minimum atomic E-state index is -1.12. The Morgan fingerprint density at radius 2 is 2.11 bits per heavy atom. The number of fused-ring (bicyclic) bond motifs is 1. The molecule has 0 aromatic carbocycles. The van der Waals surface area contributed by atoms with E-state index >= 15 is 0 Å². The second kappa shape index (κ2) is 7.02. The first-order valence-corrected chi connectivity index (χ1v) is 11.6. The fourth-order valence-electron chi connectivity index (χ4n) is 3.98. The zero-order valence-corrected chi connectivity index (χ0v) is 18.3. The highest BCUT2D eigenvalue weighted by Crippen LogP contribution is 2.53. The molecule has 1 saturated heterocycles. The molecule has 2 atom stereocenters. The number of aromatic nitrogens is 3. The van der Waals surface area contributed by atoms with Crippen LogP contribution in [0.4, 0.5) is 5.82 Å². The van der Waals surface area contributed by atoms with E-state index in [1.165, 1.54) is 4.88 Å². The van der Waals surface area contributed by atoms with Gasteiger partial charge in [-0.15, -0.1) is 11.3 Å². The van der Waals surface area contributed by atoms with Gasteiger partial charge < -0.3 is 9.88 Å². The lowest BCUT2D eigenvalue weighted by molar-refractivity contribution is 0.176. The molecule has 6 nitrogen and oxygen atoms in total. The number of nitrogens with zero attached hydrogens (tertiary/aromatic N) is 3. The van der Waals surface area contributed by atoms with Crippen LogP contribution < -0.4 is 9.62 Å². The highest BCUT2D eigenvalue weighted by Gasteiger charge is 2.50. The quantitative estimate of drug-likeness (QED) is 0.739. The molecule has 1 spiro atoms. The Morgan fingerprint density at radius 1 is 1.37 bits per heavy atom. The van der Waals surface area contributed by atoms with Gasteiger partial charge in [-0.05, 0) is 40.0 Å². The van der Waals surface area contributed by atoms with Crippen molar-refractivity contribution in [2.24, 2.45) is 5.41 Å². The Kier molecular flexibility index (Phi) is 4.99. The van der Waals surface area contributed by atoms with Gasteiger partial charge in [0.2, 0.25) is 0 Å². The summed E-state index contributed by atoms with van der Waals surface area (Å²) < 4.78 is 16.6. The van der Waals surface area contributed by atoms with Crippen LogP contribution in [0.5, 0.6) is 0 Å². The largest absolute Gasteiger partial charge is 0.355 e. The molecule has 2 aromatic heterocycles. The van der Waals surface area contributed by atoms with Crippen LogP contribution in [0, 0.1) is 10.1 Å². The Bertz CT molecular complexity index is 888. The molecule has 146 valence electrons. The van der Waals surface area contributed by atoms with E-state index in [-0.39, 0.29) is 16.2 Å². The number of hydrogen-bond donors (Lipinski definition) is 2. The lowest BCUT2D eigenvalue weighted by Crippen LogP contribution is -2.48. The van der Waals surface area contributed by atoms with Crippen molar-refractivity contribution in [3.8, 4) is 0 Å². The summed E-state index contributed by atoms with van der Waals surface area (Å²) in [5.74, 6) is 0.937. The molecule has 4 rings (SSSR count). The van der Waals surface area contributed by atoms with Gasteiger partial charge >= 0.3 is 0 Å². The van der Waals surface area contributed by atoms with Crippen molar-refractivity contribution < 1.29 is 4.21 Å². The maximum Gasteiger partial charge on any atom is 0.144 e. The number of nitrogens with one attached hydrogen (secondary N) is 2. The molecule has 1 aliphatic heterocycles. The summed E-state index contributed by atoms with van der Waals surface area (Å²) in [5, 5.41) is 0. The first kappa shape index (κ1) is 19.2. The fourth-order valence-corrected chi connectivity index (χ4v) is 5.97. The molecule has 0 bridgehead atoms. The highest BCUT2D eigenvalue weighted by molar-refractivity contribution is 7.84. The third-order valence-electron chi connectivity index (χ3n) is 5.59. The average molecular weight is 424 g/mol. The van der Waals surface area contributed by atoms with Crippen LogP contribution >= 0.6 is 23.6 Å². The van der Waals surface area contributed by atoms with Crippen molar-refractivity contribution in [2.75, 3.05) is 18.0 Å². The maximum atomic E-state index is 12.8. The highest BCUT2D eigenvalue weighted by atomic mass is 32.2. The summed E-state index contributed by atoms with van der Waals surface area (Å²) >= 11 is 6.82. The number of piperidine rings is 1. The first-order valence-electron chi connectivity index (χ1n) is 9.18. The number of aromatic amines is 1. The number of anilines is 1. The van der Waals surface area contributed by atoms with Crippen LogP contribution in [0.3, 0.4) is 0 Å². The minimum Gasteiger partial charge on any atom is -0.355 e. The van der Waals surface area contributed by atoms with E-state index in [0.29, 0.717) is 4.64 Å². The smallest absolute Gasteiger partial charge is 0.144 e. The third-order valence-corrected chi connectivity index (χ3v) is 8.23. The molecular formula is C18H25N5OS3. The zero-order chi connectivity index (χ0) is 19.2. The Morgan fingerprint density at radius 3 is 2.74 bits per heavy atom. The summed E-state index contributed by atoms with van der Waals surface area (Å²) in [5.41, 5.74) is 3.10. The number of hydrogen-bond acceptors (Lipinski definition) is 6. The molecule has 2 N–H and O–H groups in total. The number of rotatable bonds is 3. The molecule has 2 aliphatic rings. The van der Waals surface area contributed by atoms with E-state index in [2.05, 4.69) is 24.6 Å². The van der Waals surface area contributed by atoms with E-state index in [0.717, 1.165) is 43.9 Å². The number of H-pyrrole nitrogens is 1. The molecular weight excluding hydrogens is 398 g/mol. The van der Waals surface area contributed by atoms with Gasteiger partial charge in [-0.25, -0.2) is 18.9 Å². The van der Waals surface area contributed by atoms with Crippen LogP contribution in [0.2, 0.25) is 0 Å². The standard InChI is InChI=1S/C18H25N5OS3/c1-17(2,3)27(24)22-16-15-12(26-11-21-15)8-18(16)4-6-23(7-5-18)13-9-20-14(25)10-19-13/h9-11,16,22H,4-8H2,1-3H3,(H,20,25)/t16-,27-/m1/s1. The van der Waals surface area contributed by atoms with E-state index in [9.17, 15) is 4.21 Å². The fraction of sp³-hybridized carbons (Fsp3) is 0.611. The zero-order valence-electron chi connectivity index (χ0n) is 15.8. The van der Waals surface area contributed by atoms with Gasteiger partial charge in [-0.2, -0.15) is 0 Å². The predicted octanol–water partition coefficient (Wildman–Crippen LogP) is 3.53. The summed E-state index contributed by atoms with van der Waals surface area (Å²) in [7, 11) is -1.12. The van der Waals surface area contributed by atoms with Crippen molar-refractivity contribution >= 4 is 40.4 Å². The van der Waals surface area contributed by atoms with Crippen LogP contribution in [-0.4, -0.2) is 37.0 Å². The summed E-state index contributed by atoms with van der Waals surface area (Å²) in [6.45, 7) is 7.87. The van der Waals surface area contributed by atoms with Crippen molar-refractivity contribution in [2.45, 2.75) is 50.8 Å². The Balaban J connectivity index is 1.55.